The number of ether oxygens (including phenoxy) is 1. The zero-order valence-electron chi connectivity index (χ0n) is 23.2. The summed E-state index contributed by atoms with van der Waals surface area (Å²) in [6.07, 6.45) is 0. The van der Waals surface area contributed by atoms with Crippen molar-refractivity contribution in [1.29, 1.82) is 0 Å². The van der Waals surface area contributed by atoms with E-state index < -0.39 is 10.0 Å². The number of rotatable bonds is 8. The number of fused-ring (bicyclic) bond motifs is 1. The van der Waals surface area contributed by atoms with Crippen molar-refractivity contribution in [2.45, 2.75) is 31.1 Å². The molecule has 9 heteroatoms. The molecule has 1 aromatic heterocycles. The smallest absolute Gasteiger partial charge is 0.268 e. The van der Waals surface area contributed by atoms with Crippen LogP contribution in [-0.4, -0.2) is 63.6 Å². The van der Waals surface area contributed by atoms with E-state index in [1.165, 1.54) is 0 Å². The van der Waals surface area contributed by atoms with Gasteiger partial charge >= 0.3 is 0 Å². The molecule has 40 heavy (non-hydrogen) atoms. The number of hydrogen-bond acceptors (Lipinski definition) is 5. The molecule has 1 fully saturated rings. The van der Waals surface area contributed by atoms with E-state index in [-0.39, 0.29) is 16.2 Å². The van der Waals surface area contributed by atoms with Gasteiger partial charge in [-0.1, -0.05) is 63.2 Å². The molecule has 1 amide bonds. The highest BCUT2D eigenvalue weighted by Crippen LogP contribution is 2.35. The minimum Gasteiger partial charge on any atom is -0.379 e. The van der Waals surface area contributed by atoms with Gasteiger partial charge in [0, 0.05) is 48.3 Å². The second-order valence-electron chi connectivity index (χ2n) is 11.1. The number of hydrogen-bond donors (Lipinski definition) is 3. The van der Waals surface area contributed by atoms with Crippen molar-refractivity contribution in [1.82, 2.24) is 15.2 Å². The van der Waals surface area contributed by atoms with Crippen molar-refractivity contribution in [3.05, 3.63) is 84.1 Å². The number of amides is 1. The summed E-state index contributed by atoms with van der Waals surface area (Å²) in [5.74, 6) is -0.204. The first-order chi connectivity index (χ1) is 19.1. The number of nitrogens with zero attached hydrogens (tertiary/aromatic N) is 1. The van der Waals surface area contributed by atoms with Crippen LogP contribution in [0.3, 0.4) is 0 Å². The Balaban J connectivity index is 1.43. The molecule has 5 rings (SSSR count). The minimum absolute atomic E-state index is 0.0740. The Labute approximate surface area is 235 Å². The predicted molar refractivity (Wildman–Crippen MR) is 159 cm³/mol. The van der Waals surface area contributed by atoms with Gasteiger partial charge in [-0.2, -0.15) is 0 Å². The van der Waals surface area contributed by atoms with Gasteiger partial charge in [-0.15, -0.1) is 0 Å². The number of H-pyrrole nitrogens is 1. The summed E-state index contributed by atoms with van der Waals surface area (Å²) in [6.45, 7) is 10.7. The molecule has 0 unspecified atom stereocenters. The van der Waals surface area contributed by atoms with Crippen molar-refractivity contribution in [2.75, 3.05) is 44.1 Å². The number of morpholine rings is 1. The minimum atomic E-state index is -3.81. The summed E-state index contributed by atoms with van der Waals surface area (Å²) in [5.41, 5.74) is 4.19. The molecule has 1 aliphatic heterocycles. The molecule has 2 heterocycles. The quantitative estimate of drug-likeness (QED) is 0.282. The Bertz CT molecular complexity index is 1580. The molecule has 210 valence electrons. The van der Waals surface area contributed by atoms with Gasteiger partial charge in [0.1, 0.15) is 5.69 Å². The molecule has 3 N–H and O–H groups in total. The lowest BCUT2D eigenvalue weighted by Gasteiger charge is -2.26. The monoisotopic (exact) mass is 560 g/mol. The highest BCUT2D eigenvalue weighted by molar-refractivity contribution is 7.92. The van der Waals surface area contributed by atoms with Gasteiger partial charge < -0.3 is 15.0 Å². The number of carbonyl (C=O) groups is 1. The standard InChI is InChI=1S/C31H36N4O4S/c1-31(2,3)23-9-12-25(13-10-23)40(37,38)34-24-11-14-27-26(21-24)28(22-7-5-4-6-8-22)29(33-27)30(36)32-15-16-35-17-19-39-20-18-35/h4-14,21,33-34H,15-20H2,1-3H3,(H,32,36). The van der Waals surface area contributed by atoms with E-state index in [2.05, 4.69) is 40.7 Å². The molecule has 0 spiro atoms. The summed E-state index contributed by atoms with van der Waals surface area (Å²) in [4.78, 5) is 19.1. The molecule has 8 nitrogen and oxygen atoms in total. The molecule has 0 aliphatic carbocycles. The highest BCUT2D eigenvalue weighted by atomic mass is 32.2. The van der Waals surface area contributed by atoms with Crippen LogP contribution in [0, 0.1) is 0 Å². The van der Waals surface area contributed by atoms with Crippen LogP contribution in [-0.2, 0) is 20.2 Å². The van der Waals surface area contributed by atoms with Gasteiger partial charge in [-0.05, 0) is 46.9 Å². The first kappa shape index (κ1) is 27.9. The molecule has 1 saturated heterocycles. The lowest BCUT2D eigenvalue weighted by atomic mass is 9.87. The third-order valence-corrected chi connectivity index (χ3v) is 8.59. The number of carbonyl (C=O) groups excluding carboxylic acids is 1. The molecular weight excluding hydrogens is 524 g/mol. The van der Waals surface area contributed by atoms with Gasteiger partial charge in [0.05, 0.1) is 18.1 Å². The predicted octanol–water partition coefficient (Wildman–Crippen LogP) is 5.00. The Morgan fingerprint density at radius 2 is 1.68 bits per heavy atom. The van der Waals surface area contributed by atoms with Crippen molar-refractivity contribution in [3.8, 4) is 11.1 Å². The maximum Gasteiger partial charge on any atom is 0.268 e. The second kappa shape index (κ2) is 11.4. The molecule has 0 radical (unpaired) electrons. The zero-order chi connectivity index (χ0) is 28.3. The van der Waals surface area contributed by atoms with E-state index in [0.717, 1.165) is 47.2 Å². The van der Waals surface area contributed by atoms with Crippen molar-refractivity contribution < 1.29 is 17.9 Å². The summed E-state index contributed by atoms with van der Waals surface area (Å²) >= 11 is 0. The van der Waals surface area contributed by atoms with E-state index >= 15 is 0 Å². The summed E-state index contributed by atoms with van der Waals surface area (Å²) in [7, 11) is -3.81. The van der Waals surface area contributed by atoms with E-state index in [1.807, 2.05) is 42.5 Å². The van der Waals surface area contributed by atoms with Crippen LogP contribution in [0.5, 0.6) is 0 Å². The fraction of sp³-hybridized carbons (Fsp3) is 0.323. The molecule has 0 saturated carbocycles. The number of aromatic amines is 1. The van der Waals surface area contributed by atoms with Crippen molar-refractivity contribution >= 4 is 32.5 Å². The van der Waals surface area contributed by atoms with Gasteiger partial charge in [0.25, 0.3) is 15.9 Å². The van der Waals surface area contributed by atoms with Crippen LogP contribution in [0.25, 0.3) is 22.0 Å². The number of aromatic nitrogens is 1. The van der Waals surface area contributed by atoms with Crippen LogP contribution in [0.4, 0.5) is 5.69 Å². The molecular formula is C31H36N4O4S. The number of nitrogens with one attached hydrogen (secondary N) is 3. The van der Waals surface area contributed by atoms with Crippen LogP contribution in [0.2, 0.25) is 0 Å². The fourth-order valence-corrected chi connectivity index (χ4v) is 5.97. The molecule has 0 atom stereocenters. The molecule has 1 aliphatic rings. The first-order valence-corrected chi connectivity index (χ1v) is 15.0. The van der Waals surface area contributed by atoms with Gasteiger partial charge in [0.15, 0.2) is 0 Å². The topological polar surface area (TPSA) is 104 Å². The van der Waals surface area contributed by atoms with Crippen LogP contribution in [0.15, 0.2) is 77.7 Å². The van der Waals surface area contributed by atoms with Gasteiger partial charge in [0.2, 0.25) is 0 Å². The van der Waals surface area contributed by atoms with Crippen LogP contribution >= 0.6 is 0 Å². The highest BCUT2D eigenvalue weighted by Gasteiger charge is 2.22. The van der Waals surface area contributed by atoms with E-state index in [9.17, 15) is 13.2 Å². The van der Waals surface area contributed by atoms with Gasteiger partial charge in [-0.3, -0.25) is 14.4 Å². The molecule has 4 aromatic rings. The van der Waals surface area contributed by atoms with E-state index in [0.29, 0.717) is 31.1 Å². The largest absolute Gasteiger partial charge is 0.379 e. The Morgan fingerprint density at radius 3 is 2.35 bits per heavy atom. The SMILES string of the molecule is CC(C)(C)c1ccc(S(=O)(=O)Nc2ccc3[nH]c(C(=O)NCCN4CCOCC4)c(-c4ccccc4)c3c2)cc1. The Kier molecular flexibility index (Phi) is 7.98. The number of benzene rings is 3. The number of anilines is 1. The maximum atomic E-state index is 13.3. The van der Waals surface area contributed by atoms with Gasteiger partial charge in [-0.25, -0.2) is 8.42 Å². The normalized spacial score (nSPS) is 14.8. The summed E-state index contributed by atoms with van der Waals surface area (Å²) < 4.78 is 34.6. The molecule has 3 aromatic carbocycles. The molecule has 0 bridgehead atoms. The lowest BCUT2D eigenvalue weighted by Crippen LogP contribution is -2.41. The average Bonchev–Trinajstić information content (AvgIpc) is 3.32. The van der Waals surface area contributed by atoms with Crippen LogP contribution < -0.4 is 10.0 Å². The van der Waals surface area contributed by atoms with E-state index in [1.54, 1.807) is 30.3 Å². The lowest BCUT2D eigenvalue weighted by molar-refractivity contribution is 0.0383. The zero-order valence-corrected chi connectivity index (χ0v) is 24.0. The first-order valence-electron chi connectivity index (χ1n) is 13.5. The second-order valence-corrected chi connectivity index (χ2v) is 12.8. The number of sulfonamides is 1. The Hall–Kier alpha value is -3.66. The summed E-state index contributed by atoms with van der Waals surface area (Å²) in [6, 6.07) is 21.9. The summed E-state index contributed by atoms with van der Waals surface area (Å²) in [5, 5.41) is 3.80. The Morgan fingerprint density at radius 1 is 0.975 bits per heavy atom. The fourth-order valence-electron chi connectivity index (χ4n) is 4.92. The third kappa shape index (κ3) is 6.22. The van der Waals surface area contributed by atoms with Crippen LogP contribution in [0.1, 0.15) is 36.8 Å². The van der Waals surface area contributed by atoms with E-state index in [4.69, 9.17) is 4.74 Å². The van der Waals surface area contributed by atoms with Crippen molar-refractivity contribution in [3.63, 3.8) is 0 Å². The van der Waals surface area contributed by atoms with Crippen molar-refractivity contribution in [2.24, 2.45) is 0 Å². The third-order valence-electron chi connectivity index (χ3n) is 7.19. The average molecular weight is 561 g/mol. The maximum absolute atomic E-state index is 13.3.